The van der Waals surface area contributed by atoms with Crippen LogP contribution in [0.2, 0.25) is 5.02 Å². The van der Waals surface area contributed by atoms with Gasteiger partial charge in [-0.15, -0.1) is 0 Å². The number of H-pyrrole nitrogens is 1. The second kappa shape index (κ2) is 7.81. The molecule has 1 saturated heterocycles. The van der Waals surface area contributed by atoms with E-state index in [1.165, 1.54) is 0 Å². The fourth-order valence-corrected chi connectivity index (χ4v) is 2.98. The summed E-state index contributed by atoms with van der Waals surface area (Å²) in [6.45, 7) is 1.95. The summed E-state index contributed by atoms with van der Waals surface area (Å²) in [5.41, 5.74) is 2.19. The molecule has 3 rings (SSSR count). The number of amides is 1. The lowest BCUT2D eigenvalue weighted by Crippen LogP contribution is -2.30. The highest BCUT2D eigenvalue weighted by Gasteiger charge is 2.15. The van der Waals surface area contributed by atoms with Crippen molar-refractivity contribution in [3.8, 4) is 0 Å². The Morgan fingerprint density at radius 1 is 1.48 bits per heavy atom. The van der Waals surface area contributed by atoms with E-state index in [0.29, 0.717) is 18.2 Å². The Kier molecular flexibility index (Phi) is 5.54. The maximum absolute atomic E-state index is 11.8. The lowest BCUT2D eigenvalue weighted by molar-refractivity contribution is -0.126. The first-order valence-corrected chi connectivity index (χ1v) is 8.32. The average molecular weight is 337 g/mol. The zero-order chi connectivity index (χ0) is 16.1. The Morgan fingerprint density at radius 2 is 2.39 bits per heavy atom. The number of benzene rings is 1. The highest BCUT2D eigenvalue weighted by atomic mass is 35.5. The number of aromatic nitrogens is 1. The first kappa shape index (κ1) is 16.3. The lowest BCUT2D eigenvalue weighted by Gasteiger charge is -2.10. The molecule has 0 bridgehead atoms. The van der Waals surface area contributed by atoms with Crippen molar-refractivity contribution in [1.29, 1.82) is 0 Å². The molecule has 0 saturated carbocycles. The van der Waals surface area contributed by atoms with E-state index >= 15 is 0 Å². The van der Waals surface area contributed by atoms with Crippen LogP contribution >= 0.6 is 11.6 Å². The summed E-state index contributed by atoms with van der Waals surface area (Å²) in [6.07, 6.45) is 4.96. The predicted octanol–water partition coefficient (Wildman–Crippen LogP) is 2.68. The normalized spacial score (nSPS) is 17.7. The van der Waals surface area contributed by atoms with Gasteiger partial charge in [-0.2, -0.15) is 0 Å². The number of carbonyl (C=O) groups is 1. The first-order chi connectivity index (χ1) is 11.2. The smallest absolute Gasteiger partial charge is 0.246 e. The van der Waals surface area contributed by atoms with Crippen molar-refractivity contribution in [1.82, 2.24) is 10.3 Å². The van der Waals surface area contributed by atoms with Gasteiger partial charge in [0.05, 0.1) is 12.7 Å². The maximum Gasteiger partial charge on any atom is 0.246 e. The van der Waals surface area contributed by atoms with Crippen molar-refractivity contribution in [2.45, 2.75) is 25.4 Å². The number of ether oxygens (including phenoxy) is 2. The van der Waals surface area contributed by atoms with Gasteiger partial charge < -0.3 is 19.8 Å². The fraction of sp³-hybridized carbons (Fsp3) is 0.471. The molecule has 1 aromatic carbocycles. The molecule has 0 unspecified atom stereocenters. The SMILES string of the molecule is O=C(COC[C@@H]1CCCO1)NCCc1c[nH]c2ccc(Cl)cc12. The van der Waals surface area contributed by atoms with Gasteiger partial charge in [0.25, 0.3) is 0 Å². The summed E-state index contributed by atoms with van der Waals surface area (Å²) < 4.78 is 10.8. The summed E-state index contributed by atoms with van der Waals surface area (Å²) in [6, 6.07) is 5.76. The van der Waals surface area contributed by atoms with Crippen LogP contribution in [0.25, 0.3) is 10.9 Å². The van der Waals surface area contributed by atoms with Gasteiger partial charge in [-0.3, -0.25) is 4.79 Å². The minimum absolute atomic E-state index is 0.0829. The van der Waals surface area contributed by atoms with Gasteiger partial charge in [0.2, 0.25) is 5.91 Å². The van der Waals surface area contributed by atoms with Crippen LogP contribution in [0.1, 0.15) is 18.4 Å². The predicted molar refractivity (Wildman–Crippen MR) is 89.8 cm³/mol. The van der Waals surface area contributed by atoms with E-state index in [-0.39, 0.29) is 18.6 Å². The largest absolute Gasteiger partial charge is 0.376 e. The molecule has 5 nitrogen and oxygen atoms in total. The van der Waals surface area contributed by atoms with Crippen LogP contribution in [-0.2, 0) is 20.7 Å². The zero-order valence-corrected chi connectivity index (χ0v) is 13.7. The van der Waals surface area contributed by atoms with Gasteiger partial charge in [0.15, 0.2) is 0 Å². The molecule has 1 aliphatic heterocycles. The van der Waals surface area contributed by atoms with Gasteiger partial charge in [0, 0.05) is 35.3 Å². The fourth-order valence-electron chi connectivity index (χ4n) is 2.80. The molecule has 0 aliphatic carbocycles. The number of carbonyl (C=O) groups excluding carboxylic acids is 1. The molecule has 124 valence electrons. The number of hydrogen-bond acceptors (Lipinski definition) is 3. The van der Waals surface area contributed by atoms with Crippen molar-refractivity contribution in [3.05, 3.63) is 35.0 Å². The van der Waals surface area contributed by atoms with Crippen molar-refractivity contribution in [2.75, 3.05) is 26.4 Å². The van der Waals surface area contributed by atoms with Gasteiger partial charge in [-0.25, -0.2) is 0 Å². The number of aromatic amines is 1. The van der Waals surface area contributed by atoms with E-state index in [1.54, 1.807) is 0 Å². The molecule has 1 fully saturated rings. The average Bonchev–Trinajstić information content (AvgIpc) is 3.17. The molecule has 0 spiro atoms. The Balaban J connectivity index is 1.39. The first-order valence-electron chi connectivity index (χ1n) is 7.94. The molecule has 2 heterocycles. The highest BCUT2D eigenvalue weighted by molar-refractivity contribution is 6.31. The van der Waals surface area contributed by atoms with Crippen molar-refractivity contribution in [3.63, 3.8) is 0 Å². The van der Waals surface area contributed by atoms with Gasteiger partial charge in [0.1, 0.15) is 6.61 Å². The number of hydrogen-bond donors (Lipinski definition) is 2. The second-order valence-corrected chi connectivity index (χ2v) is 6.19. The molecule has 0 radical (unpaired) electrons. The Hall–Kier alpha value is -1.56. The van der Waals surface area contributed by atoms with E-state index in [2.05, 4.69) is 10.3 Å². The standard InChI is InChI=1S/C17H21ClN2O3/c18-13-3-4-16-15(8-13)12(9-20-16)5-6-19-17(21)11-22-10-14-2-1-7-23-14/h3-4,8-9,14,20H,1-2,5-7,10-11H2,(H,19,21)/t14-/m0/s1. The number of halogens is 1. The second-order valence-electron chi connectivity index (χ2n) is 5.75. The minimum atomic E-state index is -0.0964. The molecule has 2 N–H and O–H groups in total. The summed E-state index contributed by atoms with van der Waals surface area (Å²) in [5, 5.41) is 4.69. The monoisotopic (exact) mass is 336 g/mol. The van der Waals surface area contributed by atoms with E-state index in [1.807, 2.05) is 24.4 Å². The molecular formula is C17H21ClN2O3. The van der Waals surface area contributed by atoms with Crippen molar-refractivity contribution in [2.24, 2.45) is 0 Å². The van der Waals surface area contributed by atoms with Crippen LogP contribution in [0.15, 0.2) is 24.4 Å². The topological polar surface area (TPSA) is 63.4 Å². The van der Waals surface area contributed by atoms with Crippen LogP contribution in [0.3, 0.4) is 0 Å². The van der Waals surface area contributed by atoms with E-state index in [4.69, 9.17) is 21.1 Å². The third-order valence-electron chi connectivity index (χ3n) is 4.01. The zero-order valence-electron chi connectivity index (χ0n) is 12.9. The van der Waals surface area contributed by atoms with Crippen LogP contribution in [0.5, 0.6) is 0 Å². The number of fused-ring (bicyclic) bond motifs is 1. The van der Waals surface area contributed by atoms with Gasteiger partial charge >= 0.3 is 0 Å². The van der Waals surface area contributed by atoms with Gasteiger partial charge in [-0.05, 0) is 43.0 Å². The summed E-state index contributed by atoms with van der Waals surface area (Å²) in [7, 11) is 0. The summed E-state index contributed by atoms with van der Waals surface area (Å²) in [5.74, 6) is -0.0964. The minimum Gasteiger partial charge on any atom is -0.376 e. The van der Waals surface area contributed by atoms with Crippen LogP contribution in [0, 0.1) is 0 Å². The quantitative estimate of drug-likeness (QED) is 0.817. The molecule has 1 aromatic heterocycles. The molecule has 1 atom stereocenters. The van der Waals surface area contributed by atoms with Crippen LogP contribution in [-0.4, -0.2) is 43.4 Å². The molecule has 1 amide bonds. The van der Waals surface area contributed by atoms with E-state index < -0.39 is 0 Å². The van der Waals surface area contributed by atoms with E-state index in [9.17, 15) is 4.79 Å². The lowest BCUT2D eigenvalue weighted by atomic mass is 10.1. The number of rotatable bonds is 7. The van der Waals surface area contributed by atoms with Crippen molar-refractivity contribution >= 4 is 28.4 Å². The van der Waals surface area contributed by atoms with E-state index in [0.717, 1.165) is 42.3 Å². The Labute approximate surface area is 140 Å². The van der Waals surface area contributed by atoms with Crippen LogP contribution in [0.4, 0.5) is 0 Å². The Bertz CT molecular complexity index is 665. The molecule has 6 heteroatoms. The van der Waals surface area contributed by atoms with Crippen LogP contribution < -0.4 is 5.32 Å². The molecule has 23 heavy (non-hydrogen) atoms. The highest BCUT2D eigenvalue weighted by Crippen LogP contribution is 2.22. The third-order valence-corrected chi connectivity index (χ3v) is 4.24. The summed E-state index contributed by atoms with van der Waals surface area (Å²) >= 11 is 6.03. The molecule has 1 aliphatic rings. The maximum atomic E-state index is 11.8. The Morgan fingerprint density at radius 3 is 3.22 bits per heavy atom. The van der Waals surface area contributed by atoms with Crippen molar-refractivity contribution < 1.29 is 14.3 Å². The summed E-state index contributed by atoms with van der Waals surface area (Å²) in [4.78, 5) is 15.0. The molecule has 2 aromatic rings. The third kappa shape index (κ3) is 4.47. The van der Waals surface area contributed by atoms with Gasteiger partial charge in [-0.1, -0.05) is 11.6 Å². The number of nitrogens with one attached hydrogen (secondary N) is 2. The molecular weight excluding hydrogens is 316 g/mol.